The van der Waals surface area contributed by atoms with E-state index >= 15 is 0 Å². The van der Waals surface area contributed by atoms with E-state index in [2.05, 4.69) is 97.9 Å². The molecule has 0 saturated heterocycles. The van der Waals surface area contributed by atoms with Crippen molar-refractivity contribution in [1.82, 2.24) is 0 Å². The van der Waals surface area contributed by atoms with Gasteiger partial charge in [0.2, 0.25) is 0 Å². The van der Waals surface area contributed by atoms with Gasteiger partial charge >= 0.3 is 0 Å². The number of hydrogen-bond acceptors (Lipinski definition) is 1. The lowest BCUT2D eigenvalue weighted by Gasteiger charge is -2.20. The Balaban J connectivity index is 1.86. The predicted octanol–water partition coefficient (Wildman–Crippen LogP) is 9.11. The molecule has 0 unspecified atom stereocenters. The van der Waals surface area contributed by atoms with Gasteiger partial charge in [-0.2, -0.15) is 0 Å². The normalized spacial score (nSPS) is 11.1. The molecule has 0 aliphatic rings. The van der Waals surface area contributed by atoms with Crippen LogP contribution in [0.4, 0.5) is 0 Å². The minimum atomic E-state index is 0.736. The quantitative estimate of drug-likeness (QED) is 0.194. The van der Waals surface area contributed by atoms with Crippen LogP contribution >= 0.6 is 0 Å². The van der Waals surface area contributed by atoms with Gasteiger partial charge < -0.3 is 0 Å². The number of carbonyl (C=O) groups is 1. The summed E-state index contributed by atoms with van der Waals surface area (Å²) in [6.07, 6.45) is 1.02. The van der Waals surface area contributed by atoms with Crippen LogP contribution in [-0.2, 0) is 0 Å². The Labute approximate surface area is 205 Å². The molecule has 1 heteroatoms. The molecule has 0 N–H and O–H groups in total. The molecule has 6 aromatic carbocycles. The van der Waals surface area contributed by atoms with E-state index in [0.29, 0.717) is 0 Å². The molecular weight excluding hydrogens is 424 g/mol. The van der Waals surface area contributed by atoms with Crippen LogP contribution in [0.3, 0.4) is 0 Å². The maximum absolute atomic E-state index is 12.6. The molecule has 0 aromatic heterocycles. The minimum absolute atomic E-state index is 0.736. The van der Waals surface area contributed by atoms with E-state index in [1.54, 1.807) is 0 Å². The molecule has 6 aromatic rings. The fraction of sp³-hybridized carbons (Fsp3) is 0.0294. The third-order valence-electron chi connectivity index (χ3n) is 6.82. The molecule has 0 bridgehead atoms. The highest BCUT2D eigenvalue weighted by Gasteiger charge is 2.20. The summed E-state index contributed by atoms with van der Waals surface area (Å²) in [5, 5.41) is 4.34. The maximum Gasteiger partial charge on any atom is 0.151 e. The molecule has 166 valence electrons. The molecule has 0 radical (unpaired) electrons. The highest BCUT2D eigenvalue weighted by Crippen LogP contribution is 2.45. The van der Waals surface area contributed by atoms with Crippen molar-refractivity contribution in [1.29, 1.82) is 0 Å². The first-order valence-corrected chi connectivity index (χ1v) is 11.9. The van der Waals surface area contributed by atoms with Crippen molar-refractivity contribution >= 4 is 27.8 Å². The van der Waals surface area contributed by atoms with E-state index in [4.69, 9.17) is 0 Å². The van der Waals surface area contributed by atoms with Crippen molar-refractivity contribution in [3.05, 3.63) is 132 Å². The van der Waals surface area contributed by atoms with Crippen LogP contribution in [0.2, 0.25) is 0 Å². The van der Waals surface area contributed by atoms with Gasteiger partial charge in [0.15, 0.2) is 6.29 Å². The first-order valence-electron chi connectivity index (χ1n) is 11.9. The van der Waals surface area contributed by atoms with Gasteiger partial charge in [-0.3, -0.25) is 4.79 Å². The number of carbonyl (C=O) groups excluding carboxylic acids is 1. The van der Waals surface area contributed by atoms with Gasteiger partial charge in [0.25, 0.3) is 0 Å². The third kappa shape index (κ3) is 3.62. The van der Waals surface area contributed by atoms with Crippen molar-refractivity contribution in [2.24, 2.45) is 0 Å². The minimum Gasteiger partial charge on any atom is -0.298 e. The Hall–Kier alpha value is -4.49. The first kappa shape index (κ1) is 21.1. The lowest BCUT2D eigenvalue weighted by atomic mass is 9.83. The summed E-state index contributed by atoms with van der Waals surface area (Å²) in [7, 11) is 0. The number of fused-ring (bicyclic) bond motifs is 3. The highest BCUT2D eigenvalue weighted by molar-refractivity contribution is 6.25. The second kappa shape index (κ2) is 8.70. The zero-order valence-electron chi connectivity index (χ0n) is 19.5. The Morgan fingerprint density at radius 2 is 1.11 bits per heavy atom. The predicted molar refractivity (Wildman–Crippen MR) is 148 cm³/mol. The Bertz CT molecular complexity index is 1680. The highest BCUT2D eigenvalue weighted by atomic mass is 16.1. The van der Waals surface area contributed by atoms with Gasteiger partial charge in [-0.15, -0.1) is 0 Å². The van der Waals surface area contributed by atoms with Crippen LogP contribution < -0.4 is 0 Å². The number of aldehydes is 1. The summed E-state index contributed by atoms with van der Waals surface area (Å²) in [4.78, 5) is 12.6. The van der Waals surface area contributed by atoms with Gasteiger partial charge in [-0.1, -0.05) is 115 Å². The summed E-state index contributed by atoms with van der Waals surface area (Å²) in [6.45, 7) is 2.11. The van der Waals surface area contributed by atoms with Crippen LogP contribution in [0.1, 0.15) is 15.9 Å². The summed E-state index contributed by atoms with van der Waals surface area (Å²) in [5.74, 6) is 0. The zero-order chi connectivity index (χ0) is 23.8. The van der Waals surface area contributed by atoms with Gasteiger partial charge in [0.1, 0.15) is 0 Å². The summed E-state index contributed by atoms with van der Waals surface area (Å²) >= 11 is 0. The molecule has 0 atom stereocenters. The monoisotopic (exact) mass is 448 g/mol. The van der Waals surface area contributed by atoms with Gasteiger partial charge in [0.05, 0.1) is 0 Å². The van der Waals surface area contributed by atoms with Crippen LogP contribution in [0.5, 0.6) is 0 Å². The summed E-state index contributed by atoms with van der Waals surface area (Å²) in [5.41, 5.74) is 8.61. The SMILES string of the molecule is Cc1ccc(-c2cc(-c3ccccc3)cc3c2c(-c2ccccc2)c(C=O)c2ccccc23)cc1. The van der Waals surface area contributed by atoms with Crippen molar-refractivity contribution in [2.45, 2.75) is 6.92 Å². The van der Waals surface area contributed by atoms with Gasteiger partial charge in [-0.05, 0) is 68.4 Å². The van der Waals surface area contributed by atoms with Crippen LogP contribution in [0.25, 0.3) is 54.9 Å². The molecule has 0 amide bonds. The molecule has 0 spiro atoms. The second-order valence-corrected chi connectivity index (χ2v) is 9.00. The molecule has 35 heavy (non-hydrogen) atoms. The zero-order valence-corrected chi connectivity index (χ0v) is 19.5. The first-order chi connectivity index (χ1) is 17.2. The van der Waals surface area contributed by atoms with Crippen LogP contribution in [-0.4, -0.2) is 6.29 Å². The Kier molecular flexibility index (Phi) is 5.24. The van der Waals surface area contributed by atoms with E-state index in [1.165, 1.54) is 11.1 Å². The molecule has 0 heterocycles. The van der Waals surface area contributed by atoms with Crippen molar-refractivity contribution in [2.75, 3.05) is 0 Å². The van der Waals surface area contributed by atoms with Gasteiger partial charge in [0, 0.05) is 11.1 Å². The smallest absolute Gasteiger partial charge is 0.151 e. The molecular formula is C34H24O. The molecule has 6 rings (SSSR count). The number of hydrogen-bond donors (Lipinski definition) is 0. The maximum atomic E-state index is 12.6. The molecule has 0 aliphatic carbocycles. The van der Waals surface area contributed by atoms with Crippen molar-refractivity contribution < 1.29 is 4.79 Å². The molecule has 0 aliphatic heterocycles. The van der Waals surface area contributed by atoms with Crippen LogP contribution in [0, 0.1) is 6.92 Å². The topological polar surface area (TPSA) is 17.1 Å². The summed E-state index contributed by atoms with van der Waals surface area (Å²) < 4.78 is 0. The average molecular weight is 449 g/mol. The van der Waals surface area contributed by atoms with Crippen molar-refractivity contribution in [3.8, 4) is 33.4 Å². The van der Waals surface area contributed by atoms with Crippen molar-refractivity contribution in [3.63, 3.8) is 0 Å². The van der Waals surface area contributed by atoms with E-state index in [1.807, 2.05) is 30.3 Å². The second-order valence-electron chi connectivity index (χ2n) is 9.00. The van der Waals surface area contributed by atoms with E-state index < -0.39 is 0 Å². The van der Waals surface area contributed by atoms with E-state index in [0.717, 1.165) is 61.2 Å². The Morgan fingerprint density at radius 3 is 1.77 bits per heavy atom. The summed E-state index contributed by atoms with van der Waals surface area (Å²) in [6, 6.07) is 42.3. The average Bonchev–Trinajstić information content (AvgIpc) is 2.93. The van der Waals surface area contributed by atoms with Gasteiger partial charge in [-0.25, -0.2) is 0 Å². The molecule has 0 saturated carbocycles. The lowest BCUT2D eigenvalue weighted by molar-refractivity contribution is 0.112. The Morgan fingerprint density at radius 1 is 0.514 bits per heavy atom. The standard InChI is InChI=1S/C34H24O/c1-23-16-18-25(19-17-23)30-20-27(24-10-4-2-5-11-24)21-31-28-14-8-9-15-29(28)32(22-35)33(34(30)31)26-12-6-3-7-13-26/h2-22H,1H3. The lowest BCUT2D eigenvalue weighted by Crippen LogP contribution is -1.96. The van der Waals surface area contributed by atoms with E-state index in [9.17, 15) is 4.79 Å². The largest absolute Gasteiger partial charge is 0.298 e. The fourth-order valence-corrected chi connectivity index (χ4v) is 5.13. The number of benzene rings is 6. The van der Waals surface area contributed by atoms with E-state index in [-0.39, 0.29) is 0 Å². The fourth-order valence-electron chi connectivity index (χ4n) is 5.13. The third-order valence-corrected chi connectivity index (χ3v) is 6.82. The number of aryl methyl sites for hydroxylation is 1. The van der Waals surface area contributed by atoms with Crippen LogP contribution in [0.15, 0.2) is 121 Å². The number of rotatable bonds is 4. The molecule has 0 fully saturated rings. The molecule has 1 nitrogen and oxygen atoms in total.